The molecule has 3 aromatic carbocycles. The van der Waals surface area contributed by atoms with Crippen molar-refractivity contribution in [2.24, 2.45) is 0 Å². The van der Waals surface area contributed by atoms with E-state index in [4.69, 9.17) is 9.47 Å². The van der Waals surface area contributed by atoms with E-state index in [2.05, 4.69) is 27.4 Å². The summed E-state index contributed by atoms with van der Waals surface area (Å²) in [7, 11) is -4.55. The number of rotatable bonds is 10. The van der Waals surface area contributed by atoms with Crippen molar-refractivity contribution < 1.29 is 27.2 Å². The van der Waals surface area contributed by atoms with E-state index in [1.807, 2.05) is 24.3 Å². The molecule has 1 atom stereocenters. The zero-order valence-electron chi connectivity index (χ0n) is 20.3. The standard InChI is InChI=1S/C28H30O6S/c1-6-19(3)33-25-17-16-24(18-26(25)35(30,31)32)34-23-14-10-21(11-15-23)27(29)20-8-12-22(13-9-20)28(4,5)7-2/h6,8-19H,1,7H2,2-5H3,(H,30,31,32). The van der Waals surface area contributed by atoms with Crippen molar-refractivity contribution in [3.05, 3.63) is 96.1 Å². The summed E-state index contributed by atoms with van der Waals surface area (Å²) in [6.07, 6.45) is 2.04. The number of carbonyl (C=O) groups excluding carboxylic acids is 1. The molecule has 6 nitrogen and oxygen atoms in total. The van der Waals surface area contributed by atoms with Crippen LogP contribution in [0.4, 0.5) is 0 Å². The van der Waals surface area contributed by atoms with E-state index >= 15 is 0 Å². The van der Waals surface area contributed by atoms with Crippen LogP contribution >= 0.6 is 0 Å². The molecular weight excluding hydrogens is 464 g/mol. The average molecular weight is 495 g/mol. The molecule has 0 aliphatic carbocycles. The van der Waals surface area contributed by atoms with Crippen molar-refractivity contribution >= 4 is 15.9 Å². The molecule has 7 heteroatoms. The zero-order valence-corrected chi connectivity index (χ0v) is 21.1. The lowest BCUT2D eigenvalue weighted by atomic mass is 9.82. The molecule has 0 aliphatic rings. The maximum atomic E-state index is 12.9. The minimum atomic E-state index is -4.55. The summed E-state index contributed by atoms with van der Waals surface area (Å²) in [4.78, 5) is 12.5. The van der Waals surface area contributed by atoms with Gasteiger partial charge in [0.25, 0.3) is 10.1 Å². The first-order valence-corrected chi connectivity index (χ1v) is 12.7. The Morgan fingerprint density at radius 2 is 1.54 bits per heavy atom. The van der Waals surface area contributed by atoms with Crippen LogP contribution in [0.25, 0.3) is 0 Å². The van der Waals surface area contributed by atoms with Gasteiger partial charge in [-0.05, 0) is 60.7 Å². The first-order chi connectivity index (χ1) is 16.4. The lowest BCUT2D eigenvalue weighted by molar-refractivity contribution is 0.103. The van der Waals surface area contributed by atoms with E-state index < -0.39 is 21.1 Å². The van der Waals surface area contributed by atoms with Crippen molar-refractivity contribution in [1.29, 1.82) is 0 Å². The van der Waals surface area contributed by atoms with Gasteiger partial charge in [-0.15, -0.1) is 0 Å². The minimum Gasteiger partial charge on any atom is -0.485 e. The van der Waals surface area contributed by atoms with Gasteiger partial charge in [0.15, 0.2) is 5.78 Å². The number of carbonyl (C=O) groups is 1. The third-order valence-corrected chi connectivity index (χ3v) is 6.88. The second-order valence-corrected chi connectivity index (χ2v) is 10.3. The highest BCUT2D eigenvalue weighted by Crippen LogP contribution is 2.32. The molecule has 0 aromatic heterocycles. The zero-order chi connectivity index (χ0) is 25.8. The smallest absolute Gasteiger partial charge is 0.298 e. The topological polar surface area (TPSA) is 89.9 Å². The molecule has 0 radical (unpaired) electrons. The van der Waals surface area contributed by atoms with Crippen LogP contribution < -0.4 is 9.47 Å². The Morgan fingerprint density at radius 1 is 1.00 bits per heavy atom. The second-order valence-electron chi connectivity index (χ2n) is 8.91. The van der Waals surface area contributed by atoms with Crippen molar-refractivity contribution in [1.82, 2.24) is 0 Å². The van der Waals surface area contributed by atoms with Crippen LogP contribution in [-0.2, 0) is 15.5 Å². The maximum absolute atomic E-state index is 12.9. The Balaban J connectivity index is 1.78. The summed E-state index contributed by atoms with van der Waals surface area (Å²) in [5.74, 6) is 0.464. The molecule has 0 bridgehead atoms. The molecule has 3 aromatic rings. The number of benzene rings is 3. The van der Waals surface area contributed by atoms with Gasteiger partial charge in [0.05, 0.1) is 0 Å². The summed E-state index contributed by atoms with van der Waals surface area (Å²) < 4.78 is 44.5. The van der Waals surface area contributed by atoms with Crippen LogP contribution in [0.2, 0.25) is 0 Å². The number of ketones is 1. The van der Waals surface area contributed by atoms with Gasteiger partial charge >= 0.3 is 0 Å². The van der Waals surface area contributed by atoms with Gasteiger partial charge in [-0.25, -0.2) is 0 Å². The van der Waals surface area contributed by atoms with Gasteiger partial charge in [-0.2, -0.15) is 8.42 Å². The molecule has 0 heterocycles. The third kappa shape index (κ3) is 6.38. The largest absolute Gasteiger partial charge is 0.485 e. The van der Waals surface area contributed by atoms with Crippen LogP contribution in [0, 0.1) is 0 Å². The van der Waals surface area contributed by atoms with Crippen molar-refractivity contribution in [2.75, 3.05) is 0 Å². The summed E-state index contributed by atoms with van der Waals surface area (Å²) >= 11 is 0. The Hall–Kier alpha value is -3.42. The van der Waals surface area contributed by atoms with E-state index in [1.54, 1.807) is 31.2 Å². The quantitative estimate of drug-likeness (QED) is 0.194. The Bertz CT molecular complexity index is 1310. The van der Waals surface area contributed by atoms with Crippen LogP contribution in [0.5, 0.6) is 17.2 Å². The number of ether oxygens (including phenoxy) is 2. The van der Waals surface area contributed by atoms with Gasteiger partial charge in [0, 0.05) is 17.2 Å². The molecule has 0 saturated heterocycles. The van der Waals surface area contributed by atoms with Crippen molar-refractivity contribution in [3.8, 4) is 17.2 Å². The Morgan fingerprint density at radius 3 is 2.06 bits per heavy atom. The summed E-state index contributed by atoms with van der Waals surface area (Å²) in [5, 5.41) is 0. The second kappa shape index (κ2) is 10.5. The van der Waals surface area contributed by atoms with Gasteiger partial charge < -0.3 is 9.47 Å². The molecule has 0 saturated carbocycles. The fourth-order valence-corrected chi connectivity index (χ4v) is 3.99. The molecule has 0 spiro atoms. The molecule has 0 fully saturated rings. The molecular formula is C28H30O6S. The van der Waals surface area contributed by atoms with E-state index in [1.165, 1.54) is 29.8 Å². The first-order valence-electron chi connectivity index (χ1n) is 11.3. The highest BCUT2D eigenvalue weighted by molar-refractivity contribution is 7.86. The number of hydrogen-bond donors (Lipinski definition) is 1. The van der Waals surface area contributed by atoms with Gasteiger partial charge in [0.1, 0.15) is 28.2 Å². The molecule has 0 amide bonds. The molecule has 1 N–H and O–H groups in total. The van der Waals surface area contributed by atoms with Crippen molar-refractivity contribution in [2.45, 2.75) is 50.5 Å². The van der Waals surface area contributed by atoms with E-state index in [0.717, 1.165) is 6.42 Å². The third-order valence-electron chi connectivity index (χ3n) is 6.00. The first kappa shape index (κ1) is 26.2. The molecule has 1 unspecified atom stereocenters. The van der Waals surface area contributed by atoms with E-state index in [-0.39, 0.29) is 22.7 Å². The normalized spacial score (nSPS) is 12.6. The monoisotopic (exact) mass is 494 g/mol. The Kier molecular flexibility index (Phi) is 7.83. The fraction of sp³-hybridized carbons (Fsp3) is 0.250. The fourth-order valence-electron chi connectivity index (χ4n) is 3.35. The van der Waals surface area contributed by atoms with Crippen LogP contribution in [0.1, 0.15) is 55.6 Å². The number of hydrogen-bond acceptors (Lipinski definition) is 5. The molecule has 3 rings (SSSR count). The minimum absolute atomic E-state index is 0.0125. The van der Waals surface area contributed by atoms with Crippen LogP contribution in [-0.4, -0.2) is 24.9 Å². The van der Waals surface area contributed by atoms with Crippen LogP contribution in [0.15, 0.2) is 84.3 Å². The Labute approximate surface area is 207 Å². The maximum Gasteiger partial charge on any atom is 0.298 e. The van der Waals surface area contributed by atoms with Crippen molar-refractivity contribution in [3.63, 3.8) is 0 Å². The summed E-state index contributed by atoms with van der Waals surface area (Å²) in [6.45, 7) is 11.8. The summed E-state index contributed by atoms with van der Waals surface area (Å²) in [6, 6.07) is 18.3. The van der Waals surface area contributed by atoms with E-state index in [0.29, 0.717) is 16.9 Å². The van der Waals surface area contributed by atoms with Gasteiger partial charge in [-0.1, -0.05) is 57.7 Å². The lowest BCUT2D eigenvalue weighted by Crippen LogP contribution is -2.15. The molecule has 35 heavy (non-hydrogen) atoms. The van der Waals surface area contributed by atoms with Gasteiger partial charge in [0.2, 0.25) is 0 Å². The predicted molar refractivity (Wildman–Crippen MR) is 136 cm³/mol. The highest BCUT2D eigenvalue weighted by Gasteiger charge is 2.20. The van der Waals surface area contributed by atoms with E-state index in [9.17, 15) is 17.8 Å². The van der Waals surface area contributed by atoms with Crippen LogP contribution in [0.3, 0.4) is 0 Å². The highest BCUT2D eigenvalue weighted by atomic mass is 32.2. The average Bonchev–Trinajstić information content (AvgIpc) is 2.84. The molecule has 184 valence electrons. The summed E-state index contributed by atoms with van der Waals surface area (Å²) in [5.41, 5.74) is 2.32. The van der Waals surface area contributed by atoms with Gasteiger partial charge in [-0.3, -0.25) is 9.35 Å². The lowest BCUT2D eigenvalue weighted by Gasteiger charge is -2.23. The molecule has 0 aliphatic heterocycles. The predicted octanol–water partition coefficient (Wildman–Crippen LogP) is 6.60. The SMILES string of the molecule is C=CC(C)Oc1ccc(Oc2ccc(C(=O)c3ccc(C(C)(C)CC)cc3)cc2)cc1S(=O)(=O)O.